The average molecular weight is 361 g/mol. The summed E-state index contributed by atoms with van der Waals surface area (Å²) < 4.78 is 5.61. The molecule has 0 bridgehead atoms. The first-order chi connectivity index (χ1) is 12.5. The van der Waals surface area contributed by atoms with Gasteiger partial charge in [-0.3, -0.25) is 0 Å². The Morgan fingerprint density at radius 1 is 1.04 bits per heavy atom. The lowest BCUT2D eigenvalue weighted by Gasteiger charge is -2.56. The minimum Gasteiger partial charge on any atom is -0.387 e. The average Bonchev–Trinajstić information content (AvgIpc) is 2.96. The van der Waals surface area contributed by atoms with Gasteiger partial charge >= 0.3 is 0 Å². The van der Waals surface area contributed by atoms with Crippen molar-refractivity contribution in [2.24, 2.45) is 35.0 Å². The van der Waals surface area contributed by atoms with Crippen molar-refractivity contribution in [2.45, 2.75) is 90.6 Å². The maximum atomic E-state index is 11.0. The standard InChI is InChI=1S/C24H40O2/c1-4-6-18-8-10-22-21-9-7-17-15-24(25,16-26-5-2)14-12-19(17)20(21)11-13-23(18,22)3/h6,17,19-22,25H,4-5,7-16H2,1-3H3/b18-6-/t17-,19+,20-,21-,22+,23-,24-/m1/s1. The second kappa shape index (κ2) is 7.24. The molecule has 2 heteroatoms. The highest BCUT2D eigenvalue weighted by Crippen LogP contribution is 2.64. The number of hydrogen-bond acceptors (Lipinski definition) is 2. The van der Waals surface area contributed by atoms with E-state index < -0.39 is 5.60 Å². The van der Waals surface area contributed by atoms with Gasteiger partial charge in [0.2, 0.25) is 0 Å². The summed E-state index contributed by atoms with van der Waals surface area (Å²) in [6.07, 6.45) is 15.3. The second-order valence-corrected chi connectivity index (χ2v) is 10.2. The quantitative estimate of drug-likeness (QED) is 0.647. The van der Waals surface area contributed by atoms with Gasteiger partial charge in [0.1, 0.15) is 0 Å². The van der Waals surface area contributed by atoms with Crippen LogP contribution in [-0.2, 0) is 4.74 Å². The van der Waals surface area contributed by atoms with Gasteiger partial charge in [0.05, 0.1) is 12.2 Å². The first-order valence-electron chi connectivity index (χ1n) is 11.5. The molecule has 0 radical (unpaired) electrons. The van der Waals surface area contributed by atoms with E-state index in [0.29, 0.717) is 12.0 Å². The van der Waals surface area contributed by atoms with Crippen molar-refractivity contribution in [1.82, 2.24) is 0 Å². The van der Waals surface area contributed by atoms with Gasteiger partial charge in [-0.2, -0.15) is 0 Å². The molecule has 4 saturated carbocycles. The summed E-state index contributed by atoms with van der Waals surface area (Å²) in [6, 6.07) is 0. The Morgan fingerprint density at radius 2 is 1.85 bits per heavy atom. The molecule has 0 saturated heterocycles. The lowest BCUT2D eigenvalue weighted by atomic mass is 9.49. The number of rotatable bonds is 4. The van der Waals surface area contributed by atoms with Crippen molar-refractivity contribution in [2.75, 3.05) is 13.2 Å². The maximum absolute atomic E-state index is 11.0. The van der Waals surface area contributed by atoms with E-state index in [9.17, 15) is 5.11 Å². The second-order valence-electron chi connectivity index (χ2n) is 10.2. The first kappa shape index (κ1) is 19.0. The molecule has 4 aliphatic rings. The first-order valence-corrected chi connectivity index (χ1v) is 11.5. The van der Waals surface area contributed by atoms with Gasteiger partial charge in [0, 0.05) is 6.61 Å². The summed E-state index contributed by atoms with van der Waals surface area (Å²) in [5.41, 5.74) is 1.76. The van der Waals surface area contributed by atoms with Crippen LogP contribution in [0, 0.1) is 35.0 Å². The fourth-order valence-electron chi connectivity index (χ4n) is 7.82. The Labute approximate surface area is 160 Å². The van der Waals surface area contributed by atoms with Crippen LogP contribution in [0.4, 0.5) is 0 Å². The molecule has 0 heterocycles. The van der Waals surface area contributed by atoms with Gasteiger partial charge in [0.25, 0.3) is 0 Å². The molecule has 0 aliphatic heterocycles. The summed E-state index contributed by atoms with van der Waals surface area (Å²) in [6.45, 7) is 8.19. The molecule has 7 atom stereocenters. The van der Waals surface area contributed by atoms with Crippen LogP contribution >= 0.6 is 0 Å². The lowest BCUT2D eigenvalue weighted by Crippen LogP contribution is -2.51. The minimum atomic E-state index is -0.544. The highest BCUT2D eigenvalue weighted by Gasteiger charge is 2.56. The topological polar surface area (TPSA) is 29.5 Å². The van der Waals surface area contributed by atoms with Crippen LogP contribution in [0.5, 0.6) is 0 Å². The van der Waals surface area contributed by atoms with E-state index in [1.165, 1.54) is 51.4 Å². The third-order valence-electron chi connectivity index (χ3n) is 8.98. The molecule has 0 amide bonds. The van der Waals surface area contributed by atoms with E-state index >= 15 is 0 Å². The third kappa shape index (κ3) is 3.09. The fourth-order valence-corrected chi connectivity index (χ4v) is 7.82. The number of hydrogen-bond donors (Lipinski definition) is 1. The van der Waals surface area contributed by atoms with Crippen LogP contribution in [-0.4, -0.2) is 23.9 Å². The van der Waals surface area contributed by atoms with Crippen LogP contribution in [0.25, 0.3) is 0 Å². The normalized spacial score (nSPS) is 49.5. The number of fused-ring (bicyclic) bond motifs is 5. The number of ether oxygens (including phenoxy) is 1. The van der Waals surface area contributed by atoms with Crippen molar-refractivity contribution in [1.29, 1.82) is 0 Å². The molecule has 0 aromatic rings. The lowest BCUT2D eigenvalue weighted by molar-refractivity contribution is -0.123. The van der Waals surface area contributed by atoms with E-state index in [0.717, 1.165) is 49.0 Å². The predicted molar refractivity (Wildman–Crippen MR) is 107 cm³/mol. The summed E-state index contributed by atoms with van der Waals surface area (Å²) in [7, 11) is 0. The van der Waals surface area contributed by atoms with Crippen LogP contribution in [0.2, 0.25) is 0 Å². The molecule has 4 rings (SSSR count). The zero-order valence-electron chi connectivity index (χ0n) is 17.3. The molecule has 4 fully saturated rings. The van der Waals surface area contributed by atoms with Gasteiger partial charge in [-0.1, -0.05) is 25.5 Å². The largest absolute Gasteiger partial charge is 0.387 e. The molecule has 4 aliphatic carbocycles. The van der Waals surface area contributed by atoms with Crippen molar-refractivity contribution in [3.8, 4) is 0 Å². The smallest absolute Gasteiger partial charge is 0.0883 e. The zero-order chi connectivity index (χ0) is 18.4. The zero-order valence-corrected chi connectivity index (χ0v) is 17.3. The van der Waals surface area contributed by atoms with Crippen LogP contribution in [0.15, 0.2) is 11.6 Å². The Kier molecular flexibility index (Phi) is 5.29. The highest BCUT2D eigenvalue weighted by atomic mass is 16.5. The van der Waals surface area contributed by atoms with E-state index in [2.05, 4.69) is 19.9 Å². The molecule has 0 aromatic carbocycles. The Hall–Kier alpha value is -0.340. The van der Waals surface area contributed by atoms with Gasteiger partial charge in [-0.05, 0) is 106 Å². The van der Waals surface area contributed by atoms with Crippen molar-refractivity contribution >= 4 is 0 Å². The van der Waals surface area contributed by atoms with Crippen molar-refractivity contribution in [3.63, 3.8) is 0 Å². The summed E-state index contributed by atoms with van der Waals surface area (Å²) in [4.78, 5) is 0. The maximum Gasteiger partial charge on any atom is 0.0883 e. The predicted octanol–water partition coefficient (Wildman–Crippen LogP) is 5.74. The molecule has 1 N–H and O–H groups in total. The molecule has 2 nitrogen and oxygen atoms in total. The van der Waals surface area contributed by atoms with E-state index in [-0.39, 0.29) is 0 Å². The van der Waals surface area contributed by atoms with Gasteiger partial charge in [-0.25, -0.2) is 0 Å². The molecular weight excluding hydrogens is 320 g/mol. The van der Waals surface area contributed by atoms with Gasteiger partial charge in [-0.15, -0.1) is 0 Å². The van der Waals surface area contributed by atoms with E-state index in [1.54, 1.807) is 5.57 Å². The minimum absolute atomic E-state index is 0.508. The van der Waals surface area contributed by atoms with E-state index in [4.69, 9.17) is 4.74 Å². The molecule has 26 heavy (non-hydrogen) atoms. The summed E-state index contributed by atoms with van der Waals surface area (Å²) in [5, 5.41) is 11.0. The third-order valence-corrected chi connectivity index (χ3v) is 8.98. The molecule has 148 valence electrons. The molecule has 0 spiro atoms. The van der Waals surface area contributed by atoms with Gasteiger partial charge < -0.3 is 9.84 Å². The summed E-state index contributed by atoms with van der Waals surface area (Å²) in [5.74, 6) is 4.44. The van der Waals surface area contributed by atoms with Crippen LogP contribution in [0.3, 0.4) is 0 Å². The fraction of sp³-hybridized carbons (Fsp3) is 0.917. The van der Waals surface area contributed by atoms with Crippen molar-refractivity contribution < 1.29 is 9.84 Å². The van der Waals surface area contributed by atoms with Crippen LogP contribution in [0.1, 0.15) is 85.0 Å². The Morgan fingerprint density at radius 3 is 2.62 bits per heavy atom. The molecule has 0 aromatic heterocycles. The molecule has 0 unspecified atom stereocenters. The van der Waals surface area contributed by atoms with E-state index in [1.807, 2.05) is 6.92 Å². The molecular formula is C24H40O2. The Bertz CT molecular complexity index is 540. The van der Waals surface area contributed by atoms with Crippen LogP contribution < -0.4 is 0 Å². The number of aliphatic hydroxyl groups is 1. The summed E-state index contributed by atoms with van der Waals surface area (Å²) >= 11 is 0. The highest BCUT2D eigenvalue weighted by molar-refractivity contribution is 5.23. The number of allylic oxidation sites excluding steroid dienone is 2. The Balaban J connectivity index is 1.48. The van der Waals surface area contributed by atoms with Crippen molar-refractivity contribution in [3.05, 3.63) is 11.6 Å². The van der Waals surface area contributed by atoms with Gasteiger partial charge in [0.15, 0.2) is 0 Å². The monoisotopic (exact) mass is 360 g/mol. The SMILES string of the molecule is CC/C=C1/CC[C@H]2[C@@H]3CC[C@@H]4C[C@@](O)(COCC)CC[C@@H]4[C@H]3CC[C@]12C.